The molecule has 0 radical (unpaired) electrons. The van der Waals surface area contributed by atoms with E-state index in [-0.39, 0.29) is 6.61 Å². The number of nitrogens with zero attached hydrogens (tertiary/aromatic N) is 1. The number of imide groups is 1. The maximum Gasteiger partial charge on any atom is 0.415 e. The predicted molar refractivity (Wildman–Crippen MR) is 65.3 cm³/mol. The first-order chi connectivity index (χ1) is 8.65. The van der Waals surface area contributed by atoms with Gasteiger partial charge in [0.15, 0.2) is 0 Å². The van der Waals surface area contributed by atoms with Crippen LogP contribution < -0.4 is 14.8 Å². The second-order valence-electron chi connectivity index (χ2n) is 2.91. The van der Waals surface area contributed by atoms with Gasteiger partial charge in [0.1, 0.15) is 10.8 Å². The number of alkyl carbamates (subject to hydrolysis) is 1. The number of amides is 3. The van der Waals surface area contributed by atoms with E-state index < -0.39 is 12.1 Å². The molecule has 0 atom stereocenters. The average molecular weight is 271 g/mol. The fourth-order valence-electron chi connectivity index (χ4n) is 0.932. The lowest BCUT2D eigenvalue weighted by Crippen LogP contribution is -2.36. The van der Waals surface area contributed by atoms with Crippen LogP contribution in [0.2, 0.25) is 0 Å². The van der Waals surface area contributed by atoms with Gasteiger partial charge in [0.05, 0.1) is 19.9 Å². The van der Waals surface area contributed by atoms with E-state index in [9.17, 15) is 9.59 Å². The fourth-order valence-corrected chi connectivity index (χ4v) is 1.42. The first-order valence-electron chi connectivity index (χ1n) is 5.06. The summed E-state index contributed by atoms with van der Waals surface area (Å²) in [5, 5.41) is 2.55. The van der Waals surface area contributed by atoms with Crippen molar-refractivity contribution in [3.63, 3.8) is 0 Å². The summed E-state index contributed by atoms with van der Waals surface area (Å²) in [5.41, 5.74) is 0. The number of urea groups is 1. The lowest BCUT2D eigenvalue weighted by atomic mass is 10.5. The van der Waals surface area contributed by atoms with E-state index in [2.05, 4.69) is 14.4 Å². The highest BCUT2D eigenvalue weighted by atomic mass is 32.2. The topological polar surface area (TPSA) is 89.5 Å². The minimum Gasteiger partial charge on any atom is -0.495 e. The van der Waals surface area contributed by atoms with Crippen LogP contribution in [0.4, 0.5) is 9.59 Å². The van der Waals surface area contributed by atoms with Gasteiger partial charge in [-0.2, -0.15) is 0 Å². The third kappa shape index (κ3) is 4.91. The molecule has 1 aromatic heterocycles. The fraction of sp³-hybridized carbons (Fsp3) is 0.300. The Morgan fingerprint density at radius 3 is 2.78 bits per heavy atom. The van der Waals surface area contributed by atoms with Crippen LogP contribution in [0.3, 0.4) is 0 Å². The first kappa shape index (κ1) is 14.1. The number of ether oxygens (including phenoxy) is 2. The molecule has 0 saturated carbocycles. The van der Waals surface area contributed by atoms with Crippen molar-refractivity contribution in [1.29, 1.82) is 0 Å². The minimum atomic E-state index is -0.793. The molecule has 0 unspecified atom stereocenters. The van der Waals surface area contributed by atoms with Crippen LogP contribution in [0.15, 0.2) is 23.4 Å². The van der Waals surface area contributed by atoms with Crippen molar-refractivity contribution >= 4 is 24.1 Å². The highest BCUT2D eigenvalue weighted by Gasteiger charge is 2.08. The third-order valence-electron chi connectivity index (χ3n) is 1.68. The first-order valence-corrected chi connectivity index (χ1v) is 5.88. The summed E-state index contributed by atoms with van der Waals surface area (Å²) in [7, 11) is 1.54. The van der Waals surface area contributed by atoms with Gasteiger partial charge in [-0.15, -0.1) is 0 Å². The number of methoxy groups -OCH3 is 1. The molecule has 0 saturated heterocycles. The molecule has 1 heterocycles. The molecule has 1 aromatic rings. The lowest BCUT2D eigenvalue weighted by molar-refractivity contribution is 0.153. The minimum absolute atomic E-state index is 0.201. The molecule has 0 fully saturated rings. The van der Waals surface area contributed by atoms with Crippen molar-refractivity contribution in [2.75, 3.05) is 13.7 Å². The van der Waals surface area contributed by atoms with Crippen LogP contribution in [0.1, 0.15) is 6.92 Å². The molecule has 0 aliphatic heterocycles. The number of aromatic nitrogens is 1. The molecule has 0 aliphatic rings. The summed E-state index contributed by atoms with van der Waals surface area (Å²) in [5.74, 6) is 0.621. The number of carbonyl (C=O) groups excluding carboxylic acids is 2. The average Bonchev–Trinajstić information content (AvgIpc) is 2.37. The van der Waals surface area contributed by atoms with Crippen LogP contribution in [0.25, 0.3) is 0 Å². The van der Waals surface area contributed by atoms with Crippen molar-refractivity contribution in [1.82, 2.24) is 15.0 Å². The van der Waals surface area contributed by atoms with Crippen LogP contribution in [0, 0.1) is 0 Å². The smallest absolute Gasteiger partial charge is 0.415 e. The molecule has 98 valence electrons. The van der Waals surface area contributed by atoms with Gasteiger partial charge in [0.25, 0.3) is 0 Å². The molecule has 2 N–H and O–H groups in total. The molecular weight excluding hydrogens is 258 g/mol. The summed E-state index contributed by atoms with van der Waals surface area (Å²) in [6, 6.07) is 2.71. The number of nitrogens with one attached hydrogen (secondary N) is 2. The molecule has 1 rings (SSSR count). The van der Waals surface area contributed by atoms with Gasteiger partial charge in [-0.3, -0.25) is 4.72 Å². The molecular formula is C10H13N3O4S. The standard InChI is InChI=1S/C10H13N3O4S/c1-3-17-10(15)12-9(14)13-18-8-5-4-7(16-2)6-11-8/h4-6H,3H2,1-2H3,(H2,12,13,14,15). The van der Waals surface area contributed by atoms with E-state index in [0.29, 0.717) is 10.8 Å². The molecule has 8 heteroatoms. The normalized spacial score (nSPS) is 9.44. The molecule has 3 amide bonds. The molecule has 0 aromatic carbocycles. The molecule has 18 heavy (non-hydrogen) atoms. The zero-order valence-electron chi connectivity index (χ0n) is 9.93. The number of hydrogen-bond donors (Lipinski definition) is 2. The van der Waals surface area contributed by atoms with Crippen LogP contribution in [-0.2, 0) is 4.74 Å². The van der Waals surface area contributed by atoms with Gasteiger partial charge in [-0.25, -0.2) is 19.9 Å². The summed E-state index contributed by atoms with van der Waals surface area (Å²) >= 11 is 0.971. The predicted octanol–water partition coefficient (Wildman–Crippen LogP) is 1.55. The maximum atomic E-state index is 11.2. The zero-order chi connectivity index (χ0) is 13.4. The summed E-state index contributed by atoms with van der Waals surface area (Å²) in [6.45, 7) is 1.85. The largest absolute Gasteiger partial charge is 0.495 e. The molecule has 0 bridgehead atoms. The highest BCUT2D eigenvalue weighted by molar-refractivity contribution is 7.97. The summed E-state index contributed by atoms with van der Waals surface area (Å²) in [6.07, 6.45) is 0.728. The second kappa shape index (κ2) is 7.38. The van der Waals surface area contributed by atoms with Crippen LogP contribution in [0.5, 0.6) is 5.75 Å². The van der Waals surface area contributed by atoms with Gasteiger partial charge in [-0.1, -0.05) is 0 Å². The van der Waals surface area contributed by atoms with Crippen LogP contribution in [-0.4, -0.2) is 30.8 Å². The highest BCUT2D eigenvalue weighted by Crippen LogP contribution is 2.14. The molecule has 7 nitrogen and oxygen atoms in total. The van der Waals surface area contributed by atoms with E-state index in [1.165, 1.54) is 13.3 Å². The summed E-state index contributed by atoms with van der Waals surface area (Å²) in [4.78, 5) is 26.2. The Bertz CT molecular complexity index is 410. The summed E-state index contributed by atoms with van der Waals surface area (Å²) < 4.78 is 11.9. The number of pyridine rings is 1. The van der Waals surface area contributed by atoms with Crippen molar-refractivity contribution in [3.05, 3.63) is 18.3 Å². The lowest BCUT2D eigenvalue weighted by Gasteiger charge is -2.05. The number of carbonyl (C=O) groups is 2. The van der Waals surface area contributed by atoms with Crippen LogP contribution >= 0.6 is 11.9 Å². The Morgan fingerprint density at radius 1 is 1.44 bits per heavy atom. The number of rotatable bonds is 4. The third-order valence-corrected chi connectivity index (χ3v) is 2.42. The van der Waals surface area contributed by atoms with Gasteiger partial charge >= 0.3 is 12.1 Å². The van der Waals surface area contributed by atoms with Crippen molar-refractivity contribution in [2.24, 2.45) is 0 Å². The van der Waals surface area contributed by atoms with Gasteiger partial charge in [-0.05, 0) is 19.1 Å². The van der Waals surface area contributed by atoms with Crippen molar-refractivity contribution < 1.29 is 19.1 Å². The van der Waals surface area contributed by atoms with Gasteiger partial charge < -0.3 is 9.47 Å². The van der Waals surface area contributed by atoms with E-state index in [0.717, 1.165) is 11.9 Å². The van der Waals surface area contributed by atoms with E-state index >= 15 is 0 Å². The molecule has 0 spiro atoms. The second-order valence-corrected chi connectivity index (χ2v) is 3.74. The van der Waals surface area contributed by atoms with E-state index in [1.807, 2.05) is 5.32 Å². The SMILES string of the molecule is CCOC(=O)NC(=O)NSc1ccc(OC)cn1. The van der Waals surface area contributed by atoms with Crippen molar-refractivity contribution in [3.8, 4) is 5.75 Å². The van der Waals surface area contributed by atoms with E-state index in [4.69, 9.17) is 4.74 Å². The Hall–Kier alpha value is -1.96. The number of hydrogen-bond acceptors (Lipinski definition) is 6. The molecule has 0 aliphatic carbocycles. The zero-order valence-corrected chi connectivity index (χ0v) is 10.7. The van der Waals surface area contributed by atoms with E-state index in [1.54, 1.807) is 19.1 Å². The Balaban J connectivity index is 2.35. The maximum absolute atomic E-state index is 11.2. The van der Waals surface area contributed by atoms with Gasteiger partial charge in [0.2, 0.25) is 0 Å². The Labute approximate surface area is 108 Å². The Morgan fingerprint density at radius 2 is 2.22 bits per heavy atom. The quantitative estimate of drug-likeness (QED) is 0.808. The van der Waals surface area contributed by atoms with Crippen molar-refractivity contribution in [2.45, 2.75) is 11.9 Å². The van der Waals surface area contributed by atoms with Gasteiger partial charge in [0, 0.05) is 11.9 Å². The monoisotopic (exact) mass is 271 g/mol. The Kier molecular flexibility index (Phi) is 5.78.